The molecule has 0 aliphatic rings. The van der Waals surface area contributed by atoms with E-state index in [0.29, 0.717) is 13.0 Å². The number of nitrogens with two attached hydrogens (primary N) is 1. The zero-order chi connectivity index (χ0) is 12.1. The molecule has 0 spiro atoms. The number of carbonyl (C=O) groups is 1. The van der Waals surface area contributed by atoms with Crippen molar-refractivity contribution in [1.82, 2.24) is 5.32 Å². The molecule has 3 N–H and O–H groups in total. The molecule has 0 saturated carbocycles. The molecule has 0 saturated heterocycles. The Hall–Kier alpha value is -1.49. The molecule has 0 aliphatic heterocycles. The van der Waals surface area contributed by atoms with Crippen LogP contribution in [0.4, 0.5) is 8.78 Å². The highest BCUT2D eigenvalue weighted by Gasteiger charge is 2.12. The Morgan fingerprint density at radius 2 is 1.94 bits per heavy atom. The van der Waals surface area contributed by atoms with E-state index in [2.05, 4.69) is 5.32 Å². The first-order chi connectivity index (χ1) is 7.56. The Labute approximate surface area is 92.6 Å². The highest BCUT2D eigenvalue weighted by molar-refractivity contribution is 5.94. The van der Waals surface area contributed by atoms with E-state index < -0.39 is 17.5 Å². The van der Waals surface area contributed by atoms with Gasteiger partial charge in [-0.05, 0) is 18.6 Å². The summed E-state index contributed by atoms with van der Waals surface area (Å²) in [6, 6.07) is 2.51. The standard InChI is InChI=1S/C11H14F2N2O/c1-2-10(6-14)15-11(16)7-3-8(12)5-9(13)4-7/h3-5,10H,2,6,14H2,1H3,(H,15,16). The van der Waals surface area contributed by atoms with Crippen molar-refractivity contribution < 1.29 is 13.6 Å². The number of carbonyl (C=O) groups excluding carboxylic acids is 1. The lowest BCUT2D eigenvalue weighted by molar-refractivity contribution is 0.0936. The molecule has 3 nitrogen and oxygen atoms in total. The zero-order valence-corrected chi connectivity index (χ0v) is 8.97. The summed E-state index contributed by atoms with van der Waals surface area (Å²) < 4.78 is 25.7. The molecule has 0 heterocycles. The van der Waals surface area contributed by atoms with Crippen LogP contribution in [0.15, 0.2) is 18.2 Å². The minimum absolute atomic E-state index is 0.0376. The second kappa shape index (κ2) is 5.55. The van der Waals surface area contributed by atoms with Gasteiger partial charge in [0.25, 0.3) is 5.91 Å². The van der Waals surface area contributed by atoms with Gasteiger partial charge in [0.2, 0.25) is 0 Å². The summed E-state index contributed by atoms with van der Waals surface area (Å²) in [5.41, 5.74) is 5.37. The van der Waals surface area contributed by atoms with Crippen molar-refractivity contribution in [3.05, 3.63) is 35.4 Å². The summed E-state index contributed by atoms with van der Waals surface area (Å²) in [6.45, 7) is 2.16. The van der Waals surface area contributed by atoms with Gasteiger partial charge in [0.05, 0.1) is 0 Å². The average molecular weight is 228 g/mol. The molecule has 1 rings (SSSR count). The van der Waals surface area contributed by atoms with Gasteiger partial charge >= 0.3 is 0 Å². The van der Waals surface area contributed by atoms with Crippen LogP contribution in [0.2, 0.25) is 0 Å². The lowest BCUT2D eigenvalue weighted by atomic mass is 10.1. The Bertz CT molecular complexity index is 358. The minimum atomic E-state index is -0.772. The maximum absolute atomic E-state index is 12.8. The van der Waals surface area contributed by atoms with Gasteiger partial charge in [-0.15, -0.1) is 0 Å². The predicted octanol–water partition coefficient (Wildman–Crippen LogP) is 1.43. The van der Waals surface area contributed by atoms with E-state index in [4.69, 9.17) is 5.73 Å². The second-order valence-electron chi connectivity index (χ2n) is 3.47. The van der Waals surface area contributed by atoms with Gasteiger partial charge in [0.1, 0.15) is 11.6 Å². The van der Waals surface area contributed by atoms with Gasteiger partial charge in [-0.3, -0.25) is 4.79 Å². The van der Waals surface area contributed by atoms with E-state index >= 15 is 0 Å². The Morgan fingerprint density at radius 1 is 1.38 bits per heavy atom. The van der Waals surface area contributed by atoms with Crippen LogP contribution in [-0.4, -0.2) is 18.5 Å². The van der Waals surface area contributed by atoms with Crippen molar-refractivity contribution in [3.63, 3.8) is 0 Å². The molecule has 16 heavy (non-hydrogen) atoms. The van der Waals surface area contributed by atoms with Crippen LogP contribution in [0.25, 0.3) is 0 Å². The summed E-state index contributed by atoms with van der Waals surface area (Å²) in [6.07, 6.45) is 0.667. The molecule has 0 radical (unpaired) electrons. The SMILES string of the molecule is CCC(CN)NC(=O)c1cc(F)cc(F)c1. The number of hydrogen-bond acceptors (Lipinski definition) is 2. The van der Waals surface area contributed by atoms with Gasteiger partial charge in [0.15, 0.2) is 0 Å². The Kier molecular flexibility index (Phi) is 4.37. The monoisotopic (exact) mass is 228 g/mol. The molecule has 1 aromatic carbocycles. The smallest absolute Gasteiger partial charge is 0.251 e. The molecular formula is C11H14F2N2O. The molecule has 1 atom stereocenters. The van der Waals surface area contributed by atoms with Crippen molar-refractivity contribution >= 4 is 5.91 Å². The molecule has 0 fully saturated rings. The van der Waals surface area contributed by atoms with Crippen LogP contribution in [0.1, 0.15) is 23.7 Å². The van der Waals surface area contributed by atoms with Crippen LogP contribution in [-0.2, 0) is 0 Å². The Morgan fingerprint density at radius 3 is 2.38 bits per heavy atom. The lowest BCUT2D eigenvalue weighted by Gasteiger charge is -2.14. The number of halogens is 2. The lowest BCUT2D eigenvalue weighted by Crippen LogP contribution is -2.39. The number of amides is 1. The highest BCUT2D eigenvalue weighted by atomic mass is 19.1. The van der Waals surface area contributed by atoms with E-state index in [-0.39, 0.29) is 11.6 Å². The van der Waals surface area contributed by atoms with Gasteiger partial charge in [-0.2, -0.15) is 0 Å². The quantitative estimate of drug-likeness (QED) is 0.819. The predicted molar refractivity (Wildman–Crippen MR) is 57.0 cm³/mol. The summed E-state index contributed by atoms with van der Waals surface area (Å²) in [5, 5.41) is 2.59. The van der Waals surface area contributed by atoms with E-state index in [1.54, 1.807) is 0 Å². The van der Waals surface area contributed by atoms with Crippen LogP contribution < -0.4 is 11.1 Å². The topological polar surface area (TPSA) is 55.1 Å². The Balaban J connectivity index is 2.80. The van der Waals surface area contributed by atoms with Crippen molar-refractivity contribution in [2.45, 2.75) is 19.4 Å². The molecule has 0 aliphatic carbocycles. The molecule has 1 amide bonds. The largest absolute Gasteiger partial charge is 0.348 e. The average Bonchev–Trinajstić information content (AvgIpc) is 2.24. The van der Waals surface area contributed by atoms with Crippen molar-refractivity contribution in [1.29, 1.82) is 0 Å². The number of hydrogen-bond donors (Lipinski definition) is 2. The maximum atomic E-state index is 12.8. The third-order valence-electron chi connectivity index (χ3n) is 2.24. The third-order valence-corrected chi connectivity index (χ3v) is 2.24. The summed E-state index contributed by atoms with van der Waals surface area (Å²) in [4.78, 5) is 11.6. The van der Waals surface area contributed by atoms with Crippen LogP contribution in [0.5, 0.6) is 0 Å². The molecule has 5 heteroatoms. The van der Waals surface area contributed by atoms with Crippen molar-refractivity contribution in [2.24, 2.45) is 5.73 Å². The zero-order valence-electron chi connectivity index (χ0n) is 8.97. The highest BCUT2D eigenvalue weighted by Crippen LogP contribution is 2.08. The summed E-state index contributed by atoms with van der Waals surface area (Å²) in [5.74, 6) is -2.06. The fraction of sp³-hybridized carbons (Fsp3) is 0.364. The third kappa shape index (κ3) is 3.27. The van der Waals surface area contributed by atoms with E-state index in [1.165, 1.54) is 0 Å². The van der Waals surface area contributed by atoms with Crippen LogP contribution in [0, 0.1) is 11.6 Å². The van der Waals surface area contributed by atoms with E-state index in [1.807, 2.05) is 6.92 Å². The summed E-state index contributed by atoms with van der Waals surface area (Å²) in [7, 11) is 0. The molecule has 88 valence electrons. The molecule has 0 aromatic heterocycles. The normalized spacial score (nSPS) is 12.2. The molecular weight excluding hydrogens is 214 g/mol. The second-order valence-corrected chi connectivity index (χ2v) is 3.47. The first-order valence-electron chi connectivity index (χ1n) is 5.03. The van der Waals surface area contributed by atoms with Crippen molar-refractivity contribution in [3.8, 4) is 0 Å². The first-order valence-corrected chi connectivity index (χ1v) is 5.03. The van der Waals surface area contributed by atoms with Gasteiger partial charge < -0.3 is 11.1 Å². The van der Waals surface area contributed by atoms with Gasteiger partial charge in [0, 0.05) is 24.2 Å². The number of nitrogens with one attached hydrogen (secondary N) is 1. The molecule has 1 aromatic rings. The van der Waals surface area contributed by atoms with E-state index in [0.717, 1.165) is 18.2 Å². The molecule has 0 bridgehead atoms. The number of rotatable bonds is 4. The fourth-order valence-corrected chi connectivity index (χ4v) is 1.28. The van der Waals surface area contributed by atoms with Gasteiger partial charge in [-0.25, -0.2) is 8.78 Å². The van der Waals surface area contributed by atoms with Crippen LogP contribution in [0.3, 0.4) is 0 Å². The summed E-state index contributed by atoms with van der Waals surface area (Å²) >= 11 is 0. The van der Waals surface area contributed by atoms with Crippen molar-refractivity contribution in [2.75, 3.05) is 6.54 Å². The van der Waals surface area contributed by atoms with Crippen LogP contribution >= 0.6 is 0 Å². The maximum Gasteiger partial charge on any atom is 0.251 e. The fourth-order valence-electron chi connectivity index (χ4n) is 1.28. The first kappa shape index (κ1) is 12.6. The minimum Gasteiger partial charge on any atom is -0.348 e. The van der Waals surface area contributed by atoms with Gasteiger partial charge in [-0.1, -0.05) is 6.92 Å². The number of benzene rings is 1. The van der Waals surface area contributed by atoms with E-state index in [9.17, 15) is 13.6 Å². The molecule has 1 unspecified atom stereocenters.